The van der Waals surface area contributed by atoms with E-state index in [4.69, 9.17) is 9.47 Å². The van der Waals surface area contributed by atoms with Gasteiger partial charge in [0.05, 0.1) is 12.6 Å². The molecule has 0 bridgehead atoms. The molecule has 1 aliphatic heterocycles. The summed E-state index contributed by atoms with van der Waals surface area (Å²) in [6.07, 6.45) is 0.790. The molecular formula is C16H23NO3. The quantitative estimate of drug-likeness (QED) is 0.852. The van der Waals surface area contributed by atoms with Crippen LogP contribution in [0.4, 0.5) is 4.79 Å². The zero-order valence-corrected chi connectivity index (χ0v) is 12.5. The Balaban J connectivity index is 1.91. The Bertz CT molecular complexity index is 444. The zero-order valence-electron chi connectivity index (χ0n) is 12.5. The second kappa shape index (κ2) is 6.27. The van der Waals surface area contributed by atoms with E-state index in [0.717, 1.165) is 12.0 Å². The first-order valence-corrected chi connectivity index (χ1v) is 6.98. The average Bonchev–Trinajstić information content (AvgIpc) is 2.44. The van der Waals surface area contributed by atoms with E-state index >= 15 is 0 Å². The maximum atomic E-state index is 12.2. The Kier molecular flexibility index (Phi) is 4.65. The predicted octanol–water partition coefficient (Wildman–Crippen LogP) is 3.07. The molecule has 110 valence electrons. The summed E-state index contributed by atoms with van der Waals surface area (Å²) < 4.78 is 10.8. The molecule has 0 aliphatic carbocycles. The maximum absolute atomic E-state index is 12.2. The first kappa shape index (κ1) is 14.9. The largest absolute Gasteiger partial charge is 0.445 e. The number of rotatable bonds is 3. The lowest BCUT2D eigenvalue weighted by molar-refractivity contribution is -0.0205. The summed E-state index contributed by atoms with van der Waals surface area (Å²) in [7, 11) is 1.69. The zero-order chi connectivity index (χ0) is 14.6. The van der Waals surface area contributed by atoms with Crippen molar-refractivity contribution in [3.05, 3.63) is 35.9 Å². The topological polar surface area (TPSA) is 38.8 Å². The van der Waals surface area contributed by atoms with Crippen LogP contribution in [0, 0.1) is 5.41 Å². The first-order chi connectivity index (χ1) is 9.50. The Morgan fingerprint density at radius 3 is 2.70 bits per heavy atom. The van der Waals surface area contributed by atoms with Gasteiger partial charge >= 0.3 is 6.09 Å². The van der Waals surface area contributed by atoms with Crippen molar-refractivity contribution in [1.82, 2.24) is 4.90 Å². The molecule has 4 heteroatoms. The molecule has 0 saturated carbocycles. The van der Waals surface area contributed by atoms with Crippen LogP contribution in [0.1, 0.15) is 25.8 Å². The second-order valence-corrected chi connectivity index (χ2v) is 6.15. The highest BCUT2D eigenvalue weighted by Crippen LogP contribution is 2.30. The number of piperidine rings is 1. The van der Waals surface area contributed by atoms with Gasteiger partial charge in [0.25, 0.3) is 0 Å². The van der Waals surface area contributed by atoms with Crippen molar-refractivity contribution in [3.8, 4) is 0 Å². The third-order valence-corrected chi connectivity index (χ3v) is 3.62. The summed E-state index contributed by atoms with van der Waals surface area (Å²) in [5, 5.41) is 0. The molecule has 20 heavy (non-hydrogen) atoms. The normalized spacial score (nSPS) is 21.6. The number of hydrogen-bond acceptors (Lipinski definition) is 3. The molecule has 1 unspecified atom stereocenters. The maximum Gasteiger partial charge on any atom is 0.410 e. The van der Waals surface area contributed by atoms with Gasteiger partial charge in [0.2, 0.25) is 0 Å². The Labute approximate surface area is 120 Å². The lowest BCUT2D eigenvalue weighted by Crippen LogP contribution is -2.50. The van der Waals surface area contributed by atoms with Crippen LogP contribution >= 0.6 is 0 Å². The van der Waals surface area contributed by atoms with Crippen LogP contribution in [-0.2, 0) is 16.1 Å². The molecule has 1 amide bonds. The molecule has 1 saturated heterocycles. The van der Waals surface area contributed by atoms with Gasteiger partial charge in [-0.3, -0.25) is 0 Å². The van der Waals surface area contributed by atoms with E-state index in [1.165, 1.54) is 0 Å². The number of benzene rings is 1. The minimum Gasteiger partial charge on any atom is -0.445 e. The van der Waals surface area contributed by atoms with Gasteiger partial charge in [-0.05, 0) is 17.4 Å². The van der Waals surface area contributed by atoms with Gasteiger partial charge in [-0.25, -0.2) is 4.79 Å². The molecule has 4 nitrogen and oxygen atoms in total. The van der Waals surface area contributed by atoms with Gasteiger partial charge in [0.1, 0.15) is 6.61 Å². The Morgan fingerprint density at radius 2 is 2.05 bits per heavy atom. The van der Waals surface area contributed by atoms with Crippen molar-refractivity contribution < 1.29 is 14.3 Å². The van der Waals surface area contributed by atoms with Crippen molar-refractivity contribution in [2.75, 3.05) is 20.2 Å². The summed E-state index contributed by atoms with van der Waals surface area (Å²) >= 11 is 0. The summed E-state index contributed by atoms with van der Waals surface area (Å²) in [6.45, 7) is 5.92. The second-order valence-electron chi connectivity index (χ2n) is 6.15. The van der Waals surface area contributed by atoms with Gasteiger partial charge in [0, 0.05) is 13.7 Å². The minimum absolute atomic E-state index is 0.0602. The highest BCUT2D eigenvalue weighted by Gasteiger charge is 2.35. The van der Waals surface area contributed by atoms with Crippen molar-refractivity contribution in [2.45, 2.75) is 33.0 Å². The summed E-state index contributed by atoms with van der Waals surface area (Å²) in [6, 6.07) is 9.72. The molecular weight excluding hydrogens is 254 g/mol. The van der Waals surface area contributed by atoms with E-state index in [2.05, 4.69) is 13.8 Å². The molecule has 0 aromatic heterocycles. The fraction of sp³-hybridized carbons (Fsp3) is 0.562. The van der Waals surface area contributed by atoms with Gasteiger partial charge in [-0.1, -0.05) is 44.2 Å². The summed E-state index contributed by atoms with van der Waals surface area (Å²) in [5.41, 5.74) is 1.06. The molecule has 1 heterocycles. The molecule has 1 aromatic carbocycles. The Morgan fingerprint density at radius 1 is 1.35 bits per heavy atom. The third-order valence-electron chi connectivity index (χ3n) is 3.62. The molecule has 2 rings (SSSR count). The number of ether oxygens (including phenoxy) is 2. The summed E-state index contributed by atoms with van der Waals surface area (Å²) in [4.78, 5) is 13.9. The van der Waals surface area contributed by atoms with E-state index in [0.29, 0.717) is 19.7 Å². The smallest absolute Gasteiger partial charge is 0.410 e. The van der Waals surface area contributed by atoms with Crippen molar-refractivity contribution in [3.63, 3.8) is 0 Å². The van der Waals surface area contributed by atoms with Gasteiger partial charge in [0.15, 0.2) is 0 Å². The monoisotopic (exact) mass is 277 g/mol. The number of likely N-dealkylation sites (tertiary alicyclic amines) is 1. The SMILES string of the molecule is COC1CN(C(=O)OCc2ccccc2)CC(C)(C)C1. The third kappa shape index (κ3) is 3.97. The number of carbonyl (C=O) groups excluding carboxylic acids is 1. The van der Waals surface area contributed by atoms with Crippen molar-refractivity contribution >= 4 is 6.09 Å². The molecule has 0 spiro atoms. The predicted molar refractivity (Wildman–Crippen MR) is 77.4 cm³/mol. The molecule has 1 aromatic rings. The molecule has 0 N–H and O–H groups in total. The number of amides is 1. The van der Waals surface area contributed by atoms with Gasteiger partial charge in [-0.2, -0.15) is 0 Å². The van der Waals surface area contributed by atoms with E-state index in [1.807, 2.05) is 30.3 Å². The van der Waals surface area contributed by atoms with E-state index in [-0.39, 0.29) is 17.6 Å². The number of hydrogen-bond donors (Lipinski definition) is 0. The molecule has 1 fully saturated rings. The van der Waals surface area contributed by atoms with E-state index in [1.54, 1.807) is 12.0 Å². The van der Waals surface area contributed by atoms with Crippen LogP contribution in [-0.4, -0.2) is 37.3 Å². The number of methoxy groups -OCH3 is 1. The van der Waals surface area contributed by atoms with Gasteiger partial charge < -0.3 is 14.4 Å². The van der Waals surface area contributed by atoms with E-state index < -0.39 is 0 Å². The van der Waals surface area contributed by atoms with Gasteiger partial charge in [-0.15, -0.1) is 0 Å². The number of nitrogens with zero attached hydrogens (tertiary/aromatic N) is 1. The summed E-state index contributed by atoms with van der Waals surface area (Å²) in [5.74, 6) is 0. The van der Waals surface area contributed by atoms with Crippen LogP contribution in [0.2, 0.25) is 0 Å². The van der Waals surface area contributed by atoms with E-state index in [9.17, 15) is 4.79 Å². The highest BCUT2D eigenvalue weighted by atomic mass is 16.6. The Hall–Kier alpha value is -1.55. The average molecular weight is 277 g/mol. The first-order valence-electron chi connectivity index (χ1n) is 6.98. The highest BCUT2D eigenvalue weighted by molar-refractivity contribution is 5.68. The molecule has 1 atom stereocenters. The fourth-order valence-electron chi connectivity index (χ4n) is 2.68. The number of carbonyl (C=O) groups is 1. The fourth-order valence-corrected chi connectivity index (χ4v) is 2.68. The standard InChI is InChI=1S/C16H23NO3/c1-16(2)9-14(19-3)10-17(12-16)15(18)20-11-13-7-5-4-6-8-13/h4-8,14H,9-12H2,1-3H3. The van der Waals surface area contributed by atoms with Crippen LogP contribution in [0.15, 0.2) is 30.3 Å². The lowest BCUT2D eigenvalue weighted by atomic mass is 9.83. The molecule has 0 radical (unpaired) electrons. The van der Waals surface area contributed by atoms with Crippen molar-refractivity contribution in [1.29, 1.82) is 0 Å². The van der Waals surface area contributed by atoms with Crippen LogP contribution in [0.5, 0.6) is 0 Å². The minimum atomic E-state index is -0.260. The van der Waals surface area contributed by atoms with Crippen LogP contribution in [0.25, 0.3) is 0 Å². The van der Waals surface area contributed by atoms with Crippen LogP contribution in [0.3, 0.4) is 0 Å². The van der Waals surface area contributed by atoms with Crippen LogP contribution < -0.4 is 0 Å². The lowest BCUT2D eigenvalue weighted by Gasteiger charge is -2.41. The molecule has 1 aliphatic rings. The van der Waals surface area contributed by atoms with Crippen molar-refractivity contribution in [2.24, 2.45) is 5.41 Å².